The predicted molar refractivity (Wildman–Crippen MR) is 78.2 cm³/mol. The van der Waals surface area contributed by atoms with Gasteiger partial charge in [-0.1, -0.05) is 35.2 Å². The summed E-state index contributed by atoms with van der Waals surface area (Å²) in [6.45, 7) is 1.90. The van der Waals surface area contributed by atoms with E-state index in [1.807, 2.05) is 19.1 Å². The summed E-state index contributed by atoms with van der Waals surface area (Å²) in [5.41, 5.74) is 1.60. The summed E-state index contributed by atoms with van der Waals surface area (Å²) < 4.78 is 27.5. The summed E-state index contributed by atoms with van der Waals surface area (Å²) in [5.74, 6) is 0.847. The molecule has 1 aromatic carbocycles. The summed E-state index contributed by atoms with van der Waals surface area (Å²) in [6.07, 6.45) is 4.41. The maximum atomic E-state index is 12.0. The van der Waals surface area contributed by atoms with Crippen molar-refractivity contribution in [1.29, 1.82) is 0 Å². The molecule has 0 heterocycles. The molecule has 5 heteroatoms. The van der Waals surface area contributed by atoms with Gasteiger partial charge >= 0.3 is 0 Å². The molecule has 2 rings (SSSR count). The van der Waals surface area contributed by atoms with Crippen LogP contribution in [0, 0.1) is 12.8 Å². The average molecular weight is 332 g/mol. The van der Waals surface area contributed by atoms with Gasteiger partial charge in [-0.05, 0) is 43.0 Å². The second-order valence-electron chi connectivity index (χ2n) is 4.97. The highest BCUT2D eigenvalue weighted by Gasteiger charge is 2.21. The van der Waals surface area contributed by atoms with Gasteiger partial charge in [-0.15, -0.1) is 0 Å². The molecule has 100 valence electrons. The number of halogens is 1. The van der Waals surface area contributed by atoms with Crippen molar-refractivity contribution in [1.82, 2.24) is 0 Å². The lowest BCUT2D eigenvalue weighted by Gasteiger charge is -2.25. The molecule has 1 aliphatic rings. The van der Waals surface area contributed by atoms with Gasteiger partial charge in [0.1, 0.15) is 0 Å². The lowest BCUT2D eigenvalue weighted by Crippen LogP contribution is -2.21. The Hall–Kier alpha value is -0.550. The molecule has 0 unspecified atom stereocenters. The first kappa shape index (κ1) is 13.9. The molecule has 1 aromatic rings. The molecule has 0 spiro atoms. The number of nitrogens with one attached hydrogen (secondary N) is 1. The van der Waals surface area contributed by atoms with E-state index in [-0.39, 0.29) is 5.75 Å². The van der Waals surface area contributed by atoms with Crippen molar-refractivity contribution in [3.8, 4) is 0 Å². The van der Waals surface area contributed by atoms with Crippen LogP contribution in [0.15, 0.2) is 22.7 Å². The molecule has 0 atom stereocenters. The Labute approximate surface area is 117 Å². The molecule has 1 aliphatic carbocycles. The third kappa shape index (κ3) is 3.72. The van der Waals surface area contributed by atoms with Gasteiger partial charge < -0.3 is 0 Å². The number of rotatable bonds is 5. The van der Waals surface area contributed by atoms with Gasteiger partial charge in [0.15, 0.2) is 0 Å². The molecule has 0 saturated heterocycles. The van der Waals surface area contributed by atoms with Crippen molar-refractivity contribution in [2.75, 3.05) is 10.5 Å². The van der Waals surface area contributed by atoms with Crippen LogP contribution in [-0.2, 0) is 10.0 Å². The fraction of sp³-hybridized carbons (Fsp3) is 0.538. The molecule has 0 bridgehead atoms. The molecule has 0 radical (unpaired) electrons. The van der Waals surface area contributed by atoms with E-state index in [1.54, 1.807) is 6.07 Å². The van der Waals surface area contributed by atoms with E-state index in [1.165, 1.54) is 19.3 Å². The fourth-order valence-corrected chi connectivity index (χ4v) is 3.85. The Morgan fingerprint density at radius 2 is 2.11 bits per heavy atom. The van der Waals surface area contributed by atoms with Crippen molar-refractivity contribution >= 4 is 31.6 Å². The number of anilines is 1. The highest BCUT2D eigenvalue weighted by atomic mass is 79.9. The molecule has 1 saturated carbocycles. The Bertz CT molecular complexity index is 524. The monoisotopic (exact) mass is 331 g/mol. The van der Waals surface area contributed by atoms with Crippen LogP contribution in [0.5, 0.6) is 0 Å². The van der Waals surface area contributed by atoms with E-state index in [4.69, 9.17) is 0 Å². The third-order valence-corrected chi connectivity index (χ3v) is 5.27. The highest BCUT2D eigenvalue weighted by molar-refractivity contribution is 9.10. The molecule has 1 fully saturated rings. The lowest BCUT2D eigenvalue weighted by atomic mass is 9.84. The average Bonchev–Trinajstić information content (AvgIpc) is 2.20. The van der Waals surface area contributed by atoms with Crippen LogP contribution >= 0.6 is 15.9 Å². The van der Waals surface area contributed by atoms with Crippen molar-refractivity contribution in [3.05, 3.63) is 28.2 Å². The highest BCUT2D eigenvalue weighted by Crippen LogP contribution is 2.30. The zero-order chi connectivity index (χ0) is 13.2. The molecule has 18 heavy (non-hydrogen) atoms. The van der Waals surface area contributed by atoms with Crippen LogP contribution < -0.4 is 4.72 Å². The van der Waals surface area contributed by atoms with Gasteiger partial charge in [0.05, 0.1) is 11.4 Å². The topological polar surface area (TPSA) is 46.2 Å². The quantitative estimate of drug-likeness (QED) is 0.894. The van der Waals surface area contributed by atoms with Gasteiger partial charge in [-0.2, -0.15) is 0 Å². The van der Waals surface area contributed by atoms with E-state index >= 15 is 0 Å². The normalized spacial score (nSPS) is 16.3. The Balaban J connectivity index is 1.97. The molecule has 3 nitrogen and oxygen atoms in total. The fourth-order valence-electron chi connectivity index (χ4n) is 2.06. The van der Waals surface area contributed by atoms with Gasteiger partial charge in [0.25, 0.3) is 0 Å². The van der Waals surface area contributed by atoms with Crippen LogP contribution in [0.4, 0.5) is 5.69 Å². The third-order valence-electron chi connectivity index (χ3n) is 3.47. The van der Waals surface area contributed by atoms with E-state index in [2.05, 4.69) is 20.7 Å². The summed E-state index contributed by atoms with van der Waals surface area (Å²) in [7, 11) is -3.21. The van der Waals surface area contributed by atoms with Crippen LogP contribution in [0.2, 0.25) is 0 Å². The van der Waals surface area contributed by atoms with Crippen LogP contribution in [0.3, 0.4) is 0 Å². The van der Waals surface area contributed by atoms with E-state index in [9.17, 15) is 8.42 Å². The minimum absolute atomic E-state index is 0.229. The number of benzene rings is 1. The first-order chi connectivity index (χ1) is 8.46. The summed E-state index contributed by atoms with van der Waals surface area (Å²) in [5, 5.41) is 0. The number of hydrogen-bond acceptors (Lipinski definition) is 2. The SMILES string of the molecule is Cc1cc(Br)ccc1NS(=O)(=O)CCC1CCC1. The first-order valence-electron chi connectivity index (χ1n) is 6.23. The maximum absolute atomic E-state index is 12.0. The Morgan fingerprint density at radius 1 is 1.39 bits per heavy atom. The first-order valence-corrected chi connectivity index (χ1v) is 8.67. The predicted octanol–water partition coefficient (Wildman–Crippen LogP) is 3.69. The largest absolute Gasteiger partial charge is 0.283 e. The molecule has 0 aliphatic heterocycles. The smallest absolute Gasteiger partial charge is 0.232 e. The second-order valence-corrected chi connectivity index (χ2v) is 7.72. The maximum Gasteiger partial charge on any atom is 0.232 e. The zero-order valence-corrected chi connectivity index (χ0v) is 12.9. The Kier molecular flexibility index (Phi) is 4.33. The van der Waals surface area contributed by atoms with Gasteiger partial charge in [0.2, 0.25) is 10.0 Å². The van der Waals surface area contributed by atoms with Crippen molar-refractivity contribution in [3.63, 3.8) is 0 Å². The van der Waals surface area contributed by atoms with Gasteiger partial charge in [-0.25, -0.2) is 8.42 Å². The summed E-state index contributed by atoms with van der Waals surface area (Å²) in [6, 6.07) is 5.54. The van der Waals surface area contributed by atoms with Crippen molar-refractivity contribution in [2.45, 2.75) is 32.6 Å². The summed E-state index contributed by atoms with van der Waals surface area (Å²) in [4.78, 5) is 0. The Morgan fingerprint density at radius 3 is 2.67 bits per heavy atom. The van der Waals surface area contributed by atoms with Crippen LogP contribution in [0.1, 0.15) is 31.2 Å². The van der Waals surface area contributed by atoms with Gasteiger partial charge in [-0.3, -0.25) is 4.72 Å². The van der Waals surface area contributed by atoms with Crippen LogP contribution in [0.25, 0.3) is 0 Å². The minimum atomic E-state index is -3.21. The number of hydrogen-bond donors (Lipinski definition) is 1. The molecular weight excluding hydrogens is 314 g/mol. The minimum Gasteiger partial charge on any atom is -0.283 e. The molecule has 1 N–H and O–H groups in total. The number of sulfonamides is 1. The van der Waals surface area contributed by atoms with Gasteiger partial charge in [0, 0.05) is 4.47 Å². The number of aryl methyl sites for hydroxylation is 1. The van der Waals surface area contributed by atoms with E-state index in [0.717, 1.165) is 16.5 Å². The lowest BCUT2D eigenvalue weighted by molar-refractivity contribution is 0.307. The molecular formula is C13H18BrNO2S. The van der Waals surface area contributed by atoms with Crippen molar-refractivity contribution in [2.24, 2.45) is 5.92 Å². The summed E-state index contributed by atoms with van der Waals surface area (Å²) >= 11 is 3.37. The van der Waals surface area contributed by atoms with Crippen LogP contribution in [-0.4, -0.2) is 14.2 Å². The molecule has 0 amide bonds. The van der Waals surface area contributed by atoms with Crippen molar-refractivity contribution < 1.29 is 8.42 Å². The second kappa shape index (κ2) is 5.61. The van der Waals surface area contributed by atoms with E-state index < -0.39 is 10.0 Å². The zero-order valence-electron chi connectivity index (χ0n) is 10.4. The molecule has 0 aromatic heterocycles. The van der Waals surface area contributed by atoms with E-state index in [0.29, 0.717) is 11.6 Å². The standard InChI is InChI=1S/C13H18BrNO2S/c1-10-9-12(14)5-6-13(10)15-18(16,17)8-7-11-3-2-4-11/h5-6,9,11,15H,2-4,7-8H2,1H3.